The third-order valence-electron chi connectivity index (χ3n) is 8.55. The van der Waals surface area contributed by atoms with Crippen LogP contribution < -0.4 is 31.2 Å². The maximum Gasteiger partial charge on any atom is 0.424 e. The van der Waals surface area contributed by atoms with Gasteiger partial charge < -0.3 is 36.3 Å². The Hall–Kier alpha value is -5.51. The topological polar surface area (TPSA) is 178 Å². The highest BCUT2D eigenvalue weighted by Crippen LogP contribution is 2.48. The first kappa shape index (κ1) is 34.4. The van der Waals surface area contributed by atoms with Gasteiger partial charge in [-0.2, -0.15) is 13.2 Å². The molecule has 0 radical (unpaired) electrons. The van der Waals surface area contributed by atoms with E-state index in [1.54, 1.807) is 18.3 Å². The first-order chi connectivity index (χ1) is 23.7. The van der Waals surface area contributed by atoms with Crippen LogP contribution in [0.25, 0.3) is 22.2 Å². The lowest BCUT2D eigenvalue weighted by molar-refractivity contribution is -0.265. The van der Waals surface area contributed by atoms with Gasteiger partial charge in [0.1, 0.15) is 40.5 Å². The summed E-state index contributed by atoms with van der Waals surface area (Å²) in [4.78, 5) is 46.3. The zero-order valence-corrected chi connectivity index (χ0v) is 26.6. The highest BCUT2D eigenvalue weighted by molar-refractivity contribution is 6.00. The molecule has 2 aromatic carbocycles. The van der Waals surface area contributed by atoms with Gasteiger partial charge in [0.05, 0.1) is 18.3 Å². The minimum absolute atomic E-state index is 0.0249. The van der Waals surface area contributed by atoms with Gasteiger partial charge in [-0.05, 0) is 68.3 Å². The Morgan fingerprint density at radius 1 is 1.06 bits per heavy atom. The van der Waals surface area contributed by atoms with E-state index in [9.17, 15) is 37.1 Å². The number of nitrogens with zero attached hydrogens (tertiary/aromatic N) is 2. The van der Waals surface area contributed by atoms with Gasteiger partial charge >= 0.3 is 12.2 Å². The zero-order valence-electron chi connectivity index (χ0n) is 26.6. The summed E-state index contributed by atoms with van der Waals surface area (Å²) in [5.41, 5.74) is -0.891. The third-order valence-corrected chi connectivity index (χ3v) is 8.55. The quantitative estimate of drug-likeness (QED) is 0.117. The summed E-state index contributed by atoms with van der Waals surface area (Å²) >= 11 is 0. The SMILES string of the molecule is C[C@]1(C(=O)NCCNC(N)=O)COc2c1cc(C(O)(CNC(=O)c1cc(OC3CC3)c3ncccc3c1)C(F)(F)F)nc2-c1ccc(F)cc1. The summed E-state index contributed by atoms with van der Waals surface area (Å²) in [6, 6.07) is 10.9. The summed E-state index contributed by atoms with van der Waals surface area (Å²) in [6.07, 6.45) is -2.27. The smallest absolute Gasteiger partial charge is 0.424 e. The van der Waals surface area contributed by atoms with Crippen molar-refractivity contribution in [3.05, 3.63) is 83.4 Å². The molecule has 3 heterocycles. The number of alkyl halides is 3. The minimum atomic E-state index is -5.40. The average molecular weight is 697 g/mol. The van der Waals surface area contributed by atoms with Crippen LogP contribution in [0.3, 0.4) is 0 Å². The summed E-state index contributed by atoms with van der Waals surface area (Å²) in [6.45, 7) is -0.344. The van der Waals surface area contributed by atoms with E-state index in [2.05, 4.69) is 25.9 Å². The number of carbonyl (C=O) groups is 3. The number of hydrogen-bond acceptors (Lipinski definition) is 8. The molecule has 6 N–H and O–H groups in total. The second-order valence-electron chi connectivity index (χ2n) is 12.3. The third kappa shape index (κ3) is 6.70. The highest BCUT2D eigenvalue weighted by Gasteiger charge is 2.58. The highest BCUT2D eigenvalue weighted by atomic mass is 19.4. The average Bonchev–Trinajstić information content (AvgIpc) is 3.84. The fourth-order valence-corrected chi connectivity index (χ4v) is 5.54. The molecule has 2 atom stereocenters. The molecule has 2 aliphatic rings. The van der Waals surface area contributed by atoms with Gasteiger partial charge in [0, 0.05) is 41.4 Å². The molecule has 1 saturated carbocycles. The van der Waals surface area contributed by atoms with Crippen molar-refractivity contribution in [2.45, 2.75) is 43.1 Å². The summed E-state index contributed by atoms with van der Waals surface area (Å²) < 4.78 is 70.4. The van der Waals surface area contributed by atoms with Crippen molar-refractivity contribution in [1.29, 1.82) is 0 Å². The second-order valence-corrected chi connectivity index (χ2v) is 12.3. The molecule has 0 bridgehead atoms. The zero-order chi connectivity index (χ0) is 35.8. The van der Waals surface area contributed by atoms with Crippen molar-refractivity contribution in [1.82, 2.24) is 25.9 Å². The Morgan fingerprint density at radius 3 is 2.46 bits per heavy atom. The van der Waals surface area contributed by atoms with E-state index in [-0.39, 0.29) is 53.9 Å². The Balaban J connectivity index is 1.37. The molecule has 12 nitrogen and oxygen atoms in total. The van der Waals surface area contributed by atoms with Crippen LogP contribution in [0, 0.1) is 5.82 Å². The number of aromatic nitrogens is 2. The molecule has 1 aliphatic heterocycles. The van der Waals surface area contributed by atoms with Crippen molar-refractivity contribution in [3.63, 3.8) is 0 Å². The van der Waals surface area contributed by atoms with Crippen molar-refractivity contribution in [2.75, 3.05) is 26.2 Å². The Labute approximate surface area is 282 Å². The van der Waals surface area contributed by atoms with Crippen molar-refractivity contribution >= 4 is 28.7 Å². The van der Waals surface area contributed by atoms with E-state index in [1.165, 1.54) is 31.2 Å². The lowest BCUT2D eigenvalue weighted by Crippen LogP contribution is -2.52. The summed E-state index contributed by atoms with van der Waals surface area (Å²) in [5, 5.41) is 19.1. The monoisotopic (exact) mass is 696 g/mol. The predicted octanol–water partition coefficient (Wildman–Crippen LogP) is 3.59. The standard InChI is InChI=1S/C34H32F4N6O6/c1-32(30(46)41-11-12-42-31(39)47)17-49-28-23(32)15-25(44-27(28)18-4-6-21(35)7-5-18)33(48,34(36,37)38)16-43-29(45)20-13-19-3-2-10-40-26(19)24(14-20)50-22-8-9-22/h2-7,10,13-15,22,48H,8-9,11-12,16-17H2,1H3,(H,41,46)(H,43,45)(H3,39,42,47)/t32-,33?/m0/s1. The molecule has 0 spiro atoms. The van der Waals surface area contributed by atoms with E-state index < -0.39 is 53.1 Å². The molecule has 1 unspecified atom stereocenters. The fourth-order valence-electron chi connectivity index (χ4n) is 5.54. The second kappa shape index (κ2) is 13.1. The number of fused-ring (bicyclic) bond motifs is 2. The van der Waals surface area contributed by atoms with Crippen LogP contribution in [-0.2, 0) is 15.8 Å². The number of benzene rings is 2. The molecule has 2 aromatic heterocycles. The Morgan fingerprint density at radius 2 is 1.78 bits per heavy atom. The molecular weight excluding hydrogens is 664 g/mol. The van der Waals surface area contributed by atoms with Gasteiger partial charge in [-0.15, -0.1) is 0 Å². The summed E-state index contributed by atoms with van der Waals surface area (Å²) in [5.74, 6) is -1.97. The van der Waals surface area contributed by atoms with Gasteiger partial charge in [-0.1, -0.05) is 6.07 Å². The first-order valence-electron chi connectivity index (χ1n) is 15.6. The molecular formula is C34H32F4N6O6. The first-order valence-corrected chi connectivity index (χ1v) is 15.6. The number of nitrogens with two attached hydrogens (primary N) is 1. The Bertz CT molecular complexity index is 1970. The number of pyridine rings is 2. The molecule has 4 aromatic rings. The number of amides is 4. The van der Waals surface area contributed by atoms with E-state index in [0.29, 0.717) is 16.7 Å². The van der Waals surface area contributed by atoms with E-state index in [0.717, 1.165) is 31.0 Å². The normalized spacial score (nSPS) is 18.0. The number of halogens is 4. The van der Waals surface area contributed by atoms with Gasteiger partial charge in [0.2, 0.25) is 11.5 Å². The van der Waals surface area contributed by atoms with Crippen molar-refractivity contribution in [3.8, 4) is 22.8 Å². The number of hydrogen-bond donors (Lipinski definition) is 5. The molecule has 50 heavy (non-hydrogen) atoms. The molecule has 0 saturated heterocycles. The maximum absolute atomic E-state index is 15.0. The minimum Gasteiger partial charge on any atom is -0.489 e. The molecule has 4 amide bonds. The maximum atomic E-state index is 15.0. The number of primary amides is 1. The number of rotatable bonds is 11. The lowest BCUT2D eigenvalue weighted by atomic mass is 9.81. The predicted molar refractivity (Wildman–Crippen MR) is 171 cm³/mol. The largest absolute Gasteiger partial charge is 0.489 e. The number of ether oxygens (including phenoxy) is 2. The Kier molecular flexibility index (Phi) is 8.98. The van der Waals surface area contributed by atoms with Crippen LogP contribution >= 0.6 is 0 Å². The molecule has 262 valence electrons. The van der Waals surface area contributed by atoms with Gasteiger partial charge in [-0.25, -0.2) is 14.2 Å². The molecule has 16 heteroatoms. The number of carbonyl (C=O) groups excluding carboxylic acids is 3. The van der Waals surface area contributed by atoms with Crippen LogP contribution in [0.1, 0.15) is 41.4 Å². The number of aliphatic hydroxyl groups is 1. The van der Waals surface area contributed by atoms with Gasteiger partial charge in [0.25, 0.3) is 5.91 Å². The van der Waals surface area contributed by atoms with Gasteiger partial charge in [0.15, 0.2) is 0 Å². The van der Waals surface area contributed by atoms with E-state index in [4.69, 9.17) is 15.2 Å². The van der Waals surface area contributed by atoms with E-state index >= 15 is 0 Å². The summed E-state index contributed by atoms with van der Waals surface area (Å²) in [7, 11) is 0. The van der Waals surface area contributed by atoms with Crippen molar-refractivity contribution in [2.24, 2.45) is 5.73 Å². The lowest BCUT2D eigenvalue weighted by Gasteiger charge is -2.31. The fraction of sp³-hybridized carbons (Fsp3) is 0.324. The van der Waals surface area contributed by atoms with Crippen LogP contribution in [0.5, 0.6) is 11.5 Å². The van der Waals surface area contributed by atoms with Crippen LogP contribution in [0.2, 0.25) is 0 Å². The number of nitrogens with one attached hydrogen (secondary N) is 3. The van der Waals surface area contributed by atoms with E-state index in [1.807, 2.05) is 0 Å². The number of urea groups is 1. The molecule has 1 aliphatic carbocycles. The van der Waals surface area contributed by atoms with Crippen LogP contribution in [0.4, 0.5) is 22.4 Å². The molecule has 6 rings (SSSR count). The van der Waals surface area contributed by atoms with Crippen LogP contribution in [0.15, 0.2) is 60.8 Å². The van der Waals surface area contributed by atoms with Gasteiger partial charge in [-0.3, -0.25) is 14.6 Å². The van der Waals surface area contributed by atoms with Crippen molar-refractivity contribution < 1.29 is 46.5 Å². The molecule has 1 fully saturated rings. The van der Waals surface area contributed by atoms with Crippen LogP contribution in [-0.4, -0.2) is 71.4 Å².